The lowest BCUT2D eigenvalue weighted by Gasteiger charge is -2.21. The first-order chi connectivity index (χ1) is 14.1. The third kappa shape index (κ3) is 3.17. The summed E-state index contributed by atoms with van der Waals surface area (Å²) in [6, 6.07) is 9.87. The molecule has 0 spiro atoms. The zero-order valence-corrected chi connectivity index (χ0v) is 16.8. The number of amides is 1. The van der Waals surface area contributed by atoms with Crippen molar-refractivity contribution < 1.29 is 4.79 Å². The first kappa shape index (κ1) is 17.9. The van der Waals surface area contributed by atoms with Gasteiger partial charge in [-0.2, -0.15) is 0 Å². The fourth-order valence-electron chi connectivity index (χ4n) is 3.70. The highest BCUT2D eigenvalue weighted by molar-refractivity contribution is 7.22. The molecule has 0 saturated carbocycles. The summed E-state index contributed by atoms with van der Waals surface area (Å²) in [5.74, 6) is -0.268. The van der Waals surface area contributed by atoms with E-state index in [0.717, 1.165) is 34.0 Å². The van der Waals surface area contributed by atoms with Gasteiger partial charge in [0.1, 0.15) is 5.56 Å². The molecule has 1 amide bonds. The van der Waals surface area contributed by atoms with Crippen LogP contribution in [0.15, 0.2) is 41.3 Å². The molecule has 1 N–H and O–H groups in total. The lowest BCUT2D eigenvalue weighted by atomic mass is 10.2. The van der Waals surface area contributed by atoms with Crippen molar-refractivity contribution >= 4 is 38.2 Å². The van der Waals surface area contributed by atoms with E-state index in [-0.39, 0.29) is 17.0 Å². The number of nitrogens with zero attached hydrogens (tertiary/aromatic N) is 5. The number of carbonyl (C=O) groups excluding carboxylic acids is 1. The minimum atomic E-state index is -0.361. The zero-order chi connectivity index (χ0) is 20.0. The number of benzene rings is 1. The molecule has 29 heavy (non-hydrogen) atoms. The van der Waals surface area contributed by atoms with Crippen LogP contribution in [0.4, 0.5) is 5.13 Å². The molecule has 0 atom stereocenters. The van der Waals surface area contributed by atoms with E-state index >= 15 is 0 Å². The molecular formula is C20H20N6O2S. The van der Waals surface area contributed by atoms with Crippen molar-refractivity contribution in [3.63, 3.8) is 0 Å². The number of anilines is 1. The molecule has 1 aromatic carbocycles. The zero-order valence-electron chi connectivity index (χ0n) is 16.0. The van der Waals surface area contributed by atoms with Crippen LogP contribution < -0.4 is 10.5 Å². The van der Waals surface area contributed by atoms with Crippen molar-refractivity contribution in [2.45, 2.75) is 13.3 Å². The Balaban J connectivity index is 1.37. The lowest BCUT2D eigenvalue weighted by Crippen LogP contribution is -2.38. The Morgan fingerprint density at radius 1 is 1.17 bits per heavy atom. The maximum absolute atomic E-state index is 13.0. The number of thiazole rings is 1. The number of H-pyrrole nitrogens is 1. The first-order valence-electron chi connectivity index (χ1n) is 9.57. The predicted molar refractivity (Wildman–Crippen MR) is 113 cm³/mol. The molecular weight excluding hydrogens is 388 g/mol. The fraction of sp³-hybridized carbons (Fsp3) is 0.300. The lowest BCUT2D eigenvalue weighted by molar-refractivity contribution is 0.0764. The maximum Gasteiger partial charge on any atom is 0.285 e. The van der Waals surface area contributed by atoms with Crippen molar-refractivity contribution in [1.82, 2.24) is 24.5 Å². The number of aromatic nitrogens is 4. The van der Waals surface area contributed by atoms with E-state index < -0.39 is 0 Å². The largest absolute Gasteiger partial charge is 0.346 e. The summed E-state index contributed by atoms with van der Waals surface area (Å²) in [4.78, 5) is 38.7. The van der Waals surface area contributed by atoms with Crippen LogP contribution in [-0.2, 0) is 0 Å². The normalized spacial score (nSPS) is 15.2. The molecule has 5 rings (SSSR count). The van der Waals surface area contributed by atoms with Crippen molar-refractivity contribution in [3.8, 4) is 0 Å². The second kappa shape index (κ2) is 7.00. The summed E-state index contributed by atoms with van der Waals surface area (Å²) >= 11 is 1.67. The number of carbonyl (C=O) groups is 1. The molecule has 3 aromatic heterocycles. The maximum atomic E-state index is 13.0. The summed E-state index contributed by atoms with van der Waals surface area (Å²) < 4.78 is 2.49. The predicted octanol–water partition coefficient (Wildman–Crippen LogP) is 2.29. The van der Waals surface area contributed by atoms with Gasteiger partial charge in [0.05, 0.1) is 10.2 Å². The summed E-state index contributed by atoms with van der Waals surface area (Å²) in [6.45, 7) is 4.51. The van der Waals surface area contributed by atoms with Crippen LogP contribution >= 0.6 is 11.3 Å². The van der Waals surface area contributed by atoms with Crippen LogP contribution in [0.25, 0.3) is 15.9 Å². The Bertz CT molecular complexity index is 1240. The number of hydrogen-bond acceptors (Lipinski definition) is 6. The molecule has 0 aliphatic carbocycles. The summed E-state index contributed by atoms with van der Waals surface area (Å²) in [7, 11) is 0. The number of aromatic amines is 1. The minimum absolute atomic E-state index is 0.0952. The molecule has 1 aliphatic heterocycles. The van der Waals surface area contributed by atoms with Crippen molar-refractivity contribution in [1.29, 1.82) is 0 Å². The molecule has 0 radical (unpaired) electrons. The Morgan fingerprint density at radius 3 is 2.90 bits per heavy atom. The van der Waals surface area contributed by atoms with Crippen LogP contribution in [0.5, 0.6) is 0 Å². The van der Waals surface area contributed by atoms with E-state index in [0.29, 0.717) is 25.3 Å². The molecule has 0 unspecified atom stereocenters. The van der Waals surface area contributed by atoms with Gasteiger partial charge in [0, 0.05) is 44.1 Å². The van der Waals surface area contributed by atoms with Gasteiger partial charge in [-0.05, 0) is 25.5 Å². The number of rotatable bonds is 2. The standard InChI is InChI=1S/C20H20N6O2S/c1-13-11-17-21-12-14(19(28)26(17)23-13)18(27)24-7-4-8-25(10-9-24)20-22-15-5-2-3-6-16(15)29-20/h2-3,5-6,11-12,23H,4,7-10H2,1H3. The molecule has 4 heterocycles. The van der Waals surface area contributed by atoms with Crippen LogP contribution in [0.3, 0.4) is 0 Å². The van der Waals surface area contributed by atoms with Gasteiger partial charge in [0.2, 0.25) is 0 Å². The summed E-state index contributed by atoms with van der Waals surface area (Å²) in [5, 5.41) is 3.91. The third-order valence-corrected chi connectivity index (χ3v) is 6.29. The Morgan fingerprint density at radius 2 is 2.03 bits per heavy atom. The number of fused-ring (bicyclic) bond motifs is 2. The van der Waals surface area contributed by atoms with E-state index in [1.807, 2.05) is 25.1 Å². The van der Waals surface area contributed by atoms with Crippen LogP contribution in [0.1, 0.15) is 22.5 Å². The van der Waals surface area contributed by atoms with E-state index in [2.05, 4.69) is 21.0 Å². The minimum Gasteiger partial charge on any atom is -0.346 e. The van der Waals surface area contributed by atoms with E-state index in [1.165, 1.54) is 10.7 Å². The number of hydrogen-bond donors (Lipinski definition) is 1. The SMILES string of the molecule is Cc1cc2ncc(C(=O)N3CCCN(c4nc5ccccc5s4)CC3)c(=O)n2[nH]1. The molecule has 0 bridgehead atoms. The number of para-hydroxylation sites is 1. The van der Waals surface area contributed by atoms with Gasteiger partial charge in [-0.25, -0.2) is 14.5 Å². The highest BCUT2D eigenvalue weighted by atomic mass is 32.1. The quantitative estimate of drug-likeness (QED) is 0.550. The third-order valence-electron chi connectivity index (χ3n) is 5.19. The van der Waals surface area contributed by atoms with E-state index in [1.54, 1.807) is 22.3 Å². The average molecular weight is 408 g/mol. The number of nitrogens with one attached hydrogen (secondary N) is 1. The highest BCUT2D eigenvalue weighted by Crippen LogP contribution is 2.29. The van der Waals surface area contributed by atoms with Crippen molar-refractivity contribution in [2.24, 2.45) is 0 Å². The molecule has 1 saturated heterocycles. The summed E-state index contributed by atoms with van der Waals surface area (Å²) in [6.07, 6.45) is 2.21. The highest BCUT2D eigenvalue weighted by Gasteiger charge is 2.24. The van der Waals surface area contributed by atoms with E-state index in [9.17, 15) is 9.59 Å². The van der Waals surface area contributed by atoms with Gasteiger partial charge < -0.3 is 9.80 Å². The van der Waals surface area contributed by atoms with Gasteiger partial charge in [-0.1, -0.05) is 23.5 Å². The smallest absolute Gasteiger partial charge is 0.285 e. The average Bonchev–Trinajstić information content (AvgIpc) is 3.23. The van der Waals surface area contributed by atoms with Crippen LogP contribution in [-0.4, -0.2) is 56.6 Å². The Labute approximate surface area is 170 Å². The summed E-state index contributed by atoms with van der Waals surface area (Å²) in [5.41, 5.74) is 2.07. The number of aryl methyl sites for hydroxylation is 1. The van der Waals surface area contributed by atoms with Gasteiger partial charge >= 0.3 is 0 Å². The molecule has 148 valence electrons. The van der Waals surface area contributed by atoms with E-state index in [4.69, 9.17) is 4.98 Å². The second-order valence-electron chi connectivity index (χ2n) is 7.21. The van der Waals surface area contributed by atoms with Gasteiger partial charge in [-0.15, -0.1) is 0 Å². The Kier molecular flexibility index (Phi) is 4.31. The molecule has 9 heteroatoms. The van der Waals surface area contributed by atoms with Gasteiger partial charge in [0.15, 0.2) is 10.8 Å². The Hall–Kier alpha value is -3.20. The molecule has 8 nitrogen and oxygen atoms in total. The van der Waals surface area contributed by atoms with Crippen molar-refractivity contribution in [3.05, 3.63) is 58.1 Å². The molecule has 1 fully saturated rings. The van der Waals surface area contributed by atoms with Gasteiger partial charge in [-0.3, -0.25) is 14.7 Å². The molecule has 4 aromatic rings. The topological polar surface area (TPSA) is 86.6 Å². The fourth-order valence-corrected chi connectivity index (χ4v) is 4.72. The monoisotopic (exact) mass is 408 g/mol. The first-order valence-corrected chi connectivity index (χ1v) is 10.4. The van der Waals surface area contributed by atoms with Crippen molar-refractivity contribution in [2.75, 3.05) is 31.1 Å². The van der Waals surface area contributed by atoms with Gasteiger partial charge in [0.25, 0.3) is 11.5 Å². The van der Waals surface area contributed by atoms with Crippen LogP contribution in [0.2, 0.25) is 0 Å². The van der Waals surface area contributed by atoms with Crippen LogP contribution in [0, 0.1) is 6.92 Å². The second-order valence-corrected chi connectivity index (χ2v) is 8.22. The molecule has 1 aliphatic rings.